The van der Waals surface area contributed by atoms with Crippen molar-refractivity contribution in [1.29, 1.82) is 0 Å². The Bertz CT molecular complexity index is 286. The number of rotatable bonds is 3. The summed E-state index contributed by atoms with van der Waals surface area (Å²) in [5.41, 5.74) is 0.816. The fraction of sp³-hybridized carbons (Fsp3) is 0.400. The molecule has 0 spiro atoms. The summed E-state index contributed by atoms with van der Waals surface area (Å²) >= 11 is 5.79. The molecule has 0 aliphatic heterocycles. The Kier molecular flexibility index (Phi) is 3.70. The van der Waals surface area contributed by atoms with E-state index in [1.807, 2.05) is 13.8 Å². The highest BCUT2D eigenvalue weighted by molar-refractivity contribution is 6.31. The van der Waals surface area contributed by atoms with Crippen molar-refractivity contribution in [2.75, 3.05) is 0 Å². The molecule has 13 heavy (non-hydrogen) atoms. The van der Waals surface area contributed by atoms with Crippen molar-refractivity contribution in [1.82, 2.24) is 0 Å². The minimum atomic E-state index is -0.321. The van der Waals surface area contributed by atoms with Crippen LogP contribution < -0.4 is 0 Å². The van der Waals surface area contributed by atoms with Crippen LogP contribution in [0.25, 0.3) is 0 Å². The molecule has 0 heterocycles. The first-order valence-electron chi connectivity index (χ1n) is 4.15. The number of benzene rings is 1. The van der Waals surface area contributed by atoms with Gasteiger partial charge in [0.25, 0.3) is 0 Å². The summed E-state index contributed by atoms with van der Waals surface area (Å²) in [5.74, 6) is -0.321. The summed E-state index contributed by atoms with van der Waals surface area (Å²) in [4.78, 5) is 0. The Morgan fingerprint density at radius 3 is 2.69 bits per heavy atom. The third-order valence-corrected chi connectivity index (χ3v) is 1.94. The van der Waals surface area contributed by atoms with E-state index in [1.165, 1.54) is 12.1 Å². The predicted octanol–water partition coefficient (Wildman–Crippen LogP) is 3.40. The second-order valence-corrected chi connectivity index (χ2v) is 3.50. The monoisotopic (exact) mass is 202 g/mol. The molecule has 0 aromatic heterocycles. The van der Waals surface area contributed by atoms with Gasteiger partial charge in [0.15, 0.2) is 0 Å². The van der Waals surface area contributed by atoms with Gasteiger partial charge in [0.1, 0.15) is 5.82 Å². The van der Waals surface area contributed by atoms with E-state index in [-0.39, 0.29) is 11.9 Å². The van der Waals surface area contributed by atoms with E-state index < -0.39 is 0 Å². The standard InChI is InChI=1S/C10H12ClFO/c1-7(2)13-6-8-3-4-9(12)5-10(8)11/h3-5,7H,6H2,1-2H3. The van der Waals surface area contributed by atoms with Crippen molar-refractivity contribution in [3.63, 3.8) is 0 Å². The van der Waals surface area contributed by atoms with Crippen LogP contribution in [0.5, 0.6) is 0 Å². The van der Waals surface area contributed by atoms with Crippen LogP contribution in [-0.2, 0) is 11.3 Å². The second-order valence-electron chi connectivity index (χ2n) is 3.10. The lowest BCUT2D eigenvalue weighted by atomic mass is 10.2. The topological polar surface area (TPSA) is 9.23 Å². The third kappa shape index (κ3) is 3.33. The van der Waals surface area contributed by atoms with Gasteiger partial charge in [0, 0.05) is 5.02 Å². The molecular weight excluding hydrogens is 191 g/mol. The summed E-state index contributed by atoms with van der Waals surface area (Å²) in [6.07, 6.45) is 0.154. The average molecular weight is 203 g/mol. The maximum absolute atomic E-state index is 12.6. The lowest BCUT2D eigenvalue weighted by Crippen LogP contribution is -2.02. The van der Waals surface area contributed by atoms with E-state index in [2.05, 4.69) is 0 Å². The maximum Gasteiger partial charge on any atom is 0.124 e. The Balaban J connectivity index is 2.67. The summed E-state index contributed by atoms with van der Waals surface area (Å²) in [6, 6.07) is 4.31. The van der Waals surface area contributed by atoms with Crippen LogP contribution in [0.3, 0.4) is 0 Å². The molecule has 0 bridgehead atoms. The molecule has 0 saturated heterocycles. The molecule has 1 nitrogen and oxygen atoms in total. The van der Waals surface area contributed by atoms with Crippen molar-refractivity contribution in [2.24, 2.45) is 0 Å². The Morgan fingerprint density at radius 1 is 1.46 bits per heavy atom. The minimum absolute atomic E-state index is 0.154. The normalized spacial score (nSPS) is 10.8. The maximum atomic E-state index is 12.6. The molecule has 72 valence electrons. The largest absolute Gasteiger partial charge is 0.374 e. The van der Waals surface area contributed by atoms with Gasteiger partial charge < -0.3 is 4.74 Å². The molecule has 3 heteroatoms. The molecule has 0 atom stereocenters. The van der Waals surface area contributed by atoms with Gasteiger partial charge in [-0.3, -0.25) is 0 Å². The molecule has 1 aromatic rings. The molecular formula is C10H12ClFO. The molecule has 0 aliphatic carbocycles. The lowest BCUT2D eigenvalue weighted by Gasteiger charge is -2.08. The summed E-state index contributed by atoms with van der Waals surface area (Å²) < 4.78 is 18.0. The van der Waals surface area contributed by atoms with Crippen molar-refractivity contribution < 1.29 is 9.13 Å². The van der Waals surface area contributed by atoms with Gasteiger partial charge >= 0.3 is 0 Å². The number of halogens is 2. The predicted molar refractivity (Wildman–Crippen MR) is 51.3 cm³/mol. The summed E-state index contributed by atoms with van der Waals surface area (Å²) in [6.45, 7) is 4.31. The van der Waals surface area contributed by atoms with Crippen LogP contribution in [0.4, 0.5) is 4.39 Å². The fourth-order valence-corrected chi connectivity index (χ4v) is 1.12. The number of hydrogen-bond acceptors (Lipinski definition) is 1. The van der Waals surface area contributed by atoms with Crippen molar-refractivity contribution in [3.8, 4) is 0 Å². The van der Waals surface area contributed by atoms with Gasteiger partial charge in [-0.25, -0.2) is 4.39 Å². The van der Waals surface area contributed by atoms with Gasteiger partial charge in [-0.05, 0) is 31.5 Å². The van der Waals surface area contributed by atoms with E-state index in [1.54, 1.807) is 6.07 Å². The molecule has 0 aliphatic rings. The zero-order chi connectivity index (χ0) is 9.84. The van der Waals surface area contributed by atoms with E-state index >= 15 is 0 Å². The van der Waals surface area contributed by atoms with Gasteiger partial charge in [0.05, 0.1) is 12.7 Å². The smallest absolute Gasteiger partial charge is 0.124 e. The van der Waals surface area contributed by atoms with E-state index in [4.69, 9.17) is 16.3 Å². The van der Waals surface area contributed by atoms with Crippen LogP contribution in [-0.4, -0.2) is 6.10 Å². The molecule has 0 N–H and O–H groups in total. The molecule has 0 saturated carbocycles. The molecule has 0 fully saturated rings. The third-order valence-electron chi connectivity index (χ3n) is 1.59. The fourth-order valence-electron chi connectivity index (χ4n) is 0.895. The Labute approximate surface area is 82.5 Å². The highest BCUT2D eigenvalue weighted by Crippen LogP contribution is 2.18. The lowest BCUT2D eigenvalue weighted by molar-refractivity contribution is 0.0657. The second kappa shape index (κ2) is 4.58. The van der Waals surface area contributed by atoms with Gasteiger partial charge in [0.2, 0.25) is 0 Å². The molecule has 0 radical (unpaired) electrons. The van der Waals surface area contributed by atoms with Crippen molar-refractivity contribution in [2.45, 2.75) is 26.6 Å². The SMILES string of the molecule is CC(C)OCc1ccc(F)cc1Cl. The zero-order valence-corrected chi connectivity index (χ0v) is 8.44. The first kappa shape index (κ1) is 10.5. The van der Waals surface area contributed by atoms with E-state index in [0.717, 1.165) is 5.56 Å². The molecule has 0 unspecified atom stereocenters. The van der Waals surface area contributed by atoms with Crippen LogP contribution >= 0.6 is 11.6 Å². The first-order chi connectivity index (χ1) is 6.09. The first-order valence-corrected chi connectivity index (χ1v) is 4.53. The van der Waals surface area contributed by atoms with Crippen LogP contribution in [0.1, 0.15) is 19.4 Å². The Morgan fingerprint density at radius 2 is 2.15 bits per heavy atom. The van der Waals surface area contributed by atoms with Crippen LogP contribution in [0.2, 0.25) is 5.02 Å². The number of hydrogen-bond donors (Lipinski definition) is 0. The van der Waals surface area contributed by atoms with Crippen LogP contribution in [0, 0.1) is 5.82 Å². The highest BCUT2D eigenvalue weighted by atomic mass is 35.5. The summed E-state index contributed by atoms with van der Waals surface area (Å²) in [7, 11) is 0. The molecule has 0 amide bonds. The number of ether oxygens (including phenoxy) is 1. The average Bonchev–Trinajstić information content (AvgIpc) is 2.02. The van der Waals surface area contributed by atoms with Gasteiger partial charge in [-0.15, -0.1) is 0 Å². The van der Waals surface area contributed by atoms with Crippen molar-refractivity contribution in [3.05, 3.63) is 34.6 Å². The minimum Gasteiger partial charge on any atom is -0.374 e. The van der Waals surface area contributed by atoms with Crippen LogP contribution in [0.15, 0.2) is 18.2 Å². The van der Waals surface area contributed by atoms with Crippen molar-refractivity contribution >= 4 is 11.6 Å². The quantitative estimate of drug-likeness (QED) is 0.730. The van der Waals surface area contributed by atoms with E-state index in [0.29, 0.717) is 11.6 Å². The Hall–Kier alpha value is -0.600. The highest BCUT2D eigenvalue weighted by Gasteiger charge is 2.02. The zero-order valence-electron chi connectivity index (χ0n) is 7.68. The van der Waals surface area contributed by atoms with Gasteiger partial charge in [-0.2, -0.15) is 0 Å². The summed E-state index contributed by atoms with van der Waals surface area (Å²) in [5, 5.41) is 0.417. The molecule has 1 aromatic carbocycles. The van der Waals surface area contributed by atoms with E-state index in [9.17, 15) is 4.39 Å². The van der Waals surface area contributed by atoms with Gasteiger partial charge in [-0.1, -0.05) is 17.7 Å². The molecule has 1 rings (SSSR count).